The van der Waals surface area contributed by atoms with Gasteiger partial charge in [0.05, 0.1) is 6.61 Å². The Labute approximate surface area is 88.5 Å². The maximum absolute atomic E-state index is 9.49. The zero-order valence-corrected chi connectivity index (χ0v) is 8.63. The summed E-state index contributed by atoms with van der Waals surface area (Å²) in [6.07, 6.45) is 3.79. The van der Waals surface area contributed by atoms with Crippen LogP contribution in [0.15, 0.2) is 18.2 Å². The molecule has 2 nitrogen and oxygen atoms in total. The van der Waals surface area contributed by atoms with Gasteiger partial charge >= 0.3 is 0 Å². The maximum Gasteiger partial charge on any atom is 0.161 e. The molecule has 0 amide bonds. The Bertz CT molecular complexity index is 321. The minimum Gasteiger partial charge on any atom is -0.504 e. The monoisotopic (exact) mass is 212 g/mol. The van der Waals surface area contributed by atoms with E-state index in [0.29, 0.717) is 23.3 Å². The van der Waals surface area contributed by atoms with E-state index in [9.17, 15) is 5.11 Å². The standard InChI is InChI=1S/C11H13ClO2/c12-9-4-5-11(10(13)6-9)14-7-8-2-1-3-8/h4-6,8,13H,1-3,7H2. The van der Waals surface area contributed by atoms with Crippen LogP contribution in [-0.4, -0.2) is 11.7 Å². The van der Waals surface area contributed by atoms with Gasteiger partial charge in [-0.3, -0.25) is 0 Å². The summed E-state index contributed by atoms with van der Waals surface area (Å²) in [7, 11) is 0. The zero-order valence-electron chi connectivity index (χ0n) is 7.87. The van der Waals surface area contributed by atoms with Crippen LogP contribution in [0, 0.1) is 5.92 Å². The third kappa shape index (κ3) is 2.13. The van der Waals surface area contributed by atoms with Gasteiger partial charge in [-0.05, 0) is 30.9 Å². The highest BCUT2D eigenvalue weighted by molar-refractivity contribution is 6.30. The molecular weight excluding hydrogens is 200 g/mol. The second kappa shape index (κ2) is 4.09. The van der Waals surface area contributed by atoms with Crippen molar-refractivity contribution in [1.29, 1.82) is 0 Å². The topological polar surface area (TPSA) is 29.5 Å². The summed E-state index contributed by atoms with van der Waals surface area (Å²) in [4.78, 5) is 0. The Morgan fingerprint density at radius 2 is 2.21 bits per heavy atom. The van der Waals surface area contributed by atoms with Crippen molar-refractivity contribution in [1.82, 2.24) is 0 Å². The Hall–Kier alpha value is -0.890. The van der Waals surface area contributed by atoms with Crippen molar-refractivity contribution in [2.24, 2.45) is 5.92 Å². The van der Waals surface area contributed by atoms with Crippen LogP contribution in [0.3, 0.4) is 0 Å². The quantitative estimate of drug-likeness (QED) is 0.834. The largest absolute Gasteiger partial charge is 0.504 e. The Kier molecular flexibility index (Phi) is 2.82. The van der Waals surface area contributed by atoms with E-state index >= 15 is 0 Å². The predicted molar refractivity (Wildman–Crippen MR) is 56.0 cm³/mol. The van der Waals surface area contributed by atoms with Crippen LogP contribution in [-0.2, 0) is 0 Å². The minimum absolute atomic E-state index is 0.122. The van der Waals surface area contributed by atoms with Crippen molar-refractivity contribution in [2.45, 2.75) is 19.3 Å². The molecule has 3 heteroatoms. The third-order valence-electron chi connectivity index (χ3n) is 2.62. The summed E-state index contributed by atoms with van der Waals surface area (Å²) in [6.45, 7) is 0.704. The van der Waals surface area contributed by atoms with Gasteiger partial charge in [0, 0.05) is 11.1 Å². The molecule has 0 spiro atoms. The van der Waals surface area contributed by atoms with Crippen molar-refractivity contribution in [3.8, 4) is 11.5 Å². The fourth-order valence-corrected chi connectivity index (χ4v) is 1.65. The number of benzene rings is 1. The maximum atomic E-state index is 9.49. The predicted octanol–water partition coefficient (Wildman–Crippen LogP) is 3.22. The van der Waals surface area contributed by atoms with Crippen LogP contribution in [0.1, 0.15) is 19.3 Å². The van der Waals surface area contributed by atoms with Gasteiger partial charge in [-0.1, -0.05) is 18.0 Å². The number of hydrogen-bond acceptors (Lipinski definition) is 2. The van der Waals surface area contributed by atoms with E-state index in [0.717, 1.165) is 0 Å². The molecule has 76 valence electrons. The second-order valence-corrected chi connectivity index (χ2v) is 4.16. The van der Waals surface area contributed by atoms with Crippen molar-refractivity contribution in [3.05, 3.63) is 23.2 Å². The lowest BCUT2D eigenvalue weighted by atomic mass is 9.86. The first-order valence-electron chi connectivity index (χ1n) is 4.87. The molecule has 1 aliphatic rings. The zero-order chi connectivity index (χ0) is 9.97. The second-order valence-electron chi connectivity index (χ2n) is 3.72. The number of phenolic OH excluding ortho intramolecular Hbond substituents is 1. The summed E-state index contributed by atoms with van der Waals surface area (Å²) in [5, 5.41) is 10.0. The smallest absolute Gasteiger partial charge is 0.161 e. The summed E-state index contributed by atoms with van der Waals surface area (Å²) < 4.78 is 5.49. The van der Waals surface area contributed by atoms with E-state index in [1.807, 2.05) is 0 Å². The van der Waals surface area contributed by atoms with E-state index in [-0.39, 0.29) is 5.75 Å². The van der Waals surface area contributed by atoms with Gasteiger partial charge in [0.2, 0.25) is 0 Å². The molecular formula is C11H13ClO2. The Morgan fingerprint density at radius 3 is 2.79 bits per heavy atom. The first-order chi connectivity index (χ1) is 6.75. The molecule has 0 aliphatic heterocycles. The number of hydrogen-bond donors (Lipinski definition) is 1. The van der Waals surface area contributed by atoms with Crippen molar-refractivity contribution < 1.29 is 9.84 Å². The SMILES string of the molecule is Oc1cc(Cl)ccc1OCC1CCC1. The van der Waals surface area contributed by atoms with Crippen molar-refractivity contribution in [3.63, 3.8) is 0 Å². The summed E-state index contributed by atoms with van der Waals surface area (Å²) in [5.41, 5.74) is 0. The van der Waals surface area contributed by atoms with E-state index in [4.69, 9.17) is 16.3 Å². The summed E-state index contributed by atoms with van der Waals surface area (Å²) >= 11 is 5.70. The molecule has 1 fully saturated rings. The molecule has 0 atom stereocenters. The van der Waals surface area contributed by atoms with E-state index < -0.39 is 0 Å². The first kappa shape index (κ1) is 9.66. The number of rotatable bonds is 3. The molecule has 1 aromatic carbocycles. The Balaban J connectivity index is 1.94. The molecule has 14 heavy (non-hydrogen) atoms. The van der Waals surface area contributed by atoms with Gasteiger partial charge in [0.15, 0.2) is 11.5 Å². The average Bonchev–Trinajstić information content (AvgIpc) is 2.05. The van der Waals surface area contributed by atoms with E-state index in [1.165, 1.54) is 25.3 Å². The lowest BCUT2D eigenvalue weighted by molar-refractivity contribution is 0.176. The molecule has 0 bridgehead atoms. The lowest BCUT2D eigenvalue weighted by Gasteiger charge is -2.25. The highest BCUT2D eigenvalue weighted by atomic mass is 35.5. The fourth-order valence-electron chi connectivity index (χ4n) is 1.48. The molecule has 2 rings (SSSR count). The molecule has 0 aromatic heterocycles. The average molecular weight is 213 g/mol. The van der Waals surface area contributed by atoms with Crippen molar-refractivity contribution >= 4 is 11.6 Å². The third-order valence-corrected chi connectivity index (χ3v) is 2.86. The first-order valence-corrected chi connectivity index (χ1v) is 5.25. The van der Waals surface area contributed by atoms with Crippen LogP contribution in [0.4, 0.5) is 0 Å². The molecule has 0 saturated heterocycles. The van der Waals surface area contributed by atoms with Crippen molar-refractivity contribution in [2.75, 3.05) is 6.61 Å². The van der Waals surface area contributed by atoms with Gasteiger partial charge in [0.1, 0.15) is 0 Å². The molecule has 0 unspecified atom stereocenters. The van der Waals surface area contributed by atoms with Crippen LogP contribution >= 0.6 is 11.6 Å². The van der Waals surface area contributed by atoms with E-state index in [1.54, 1.807) is 12.1 Å². The number of aromatic hydroxyl groups is 1. The molecule has 0 heterocycles. The normalized spacial score (nSPS) is 16.4. The number of halogens is 1. The van der Waals surface area contributed by atoms with Crippen LogP contribution in [0.2, 0.25) is 5.02 Å². The van der Waals surface area contributed by atoms with Crippen LogP contribution in [0.25, 0.3) is 0 Å². The van der Waals surface area contributed by atoms with Gasteiger partial charge in [0.25, 0.3) is 0 Å². The summed E-state index contributed by atoms with van der Waals surface area (Å²) in [6, 6.07) is 4.92. The van der Waals surface area contributed by atoms with Crippen LogP contribution in [0.5, 0.6) is 11.5 Å². The molecule has 1 aliphatic carbocycles. The number of ether oxygens (including phenoxy) is 1. The molecule has 1 saturated carbocycles. The number of phenols is 1. The lowest BCUT2D eigenvalue weighted by Crippen LogP contribution is -2.19. The highest BCUT2D eigenvalue weighted by Crippen LogP contribution is 2.31. The highest BCUT2D eigenvalue weighted by Gasteiger charge is 2.18. The van der Waals surface area contributed by atoms with E-state index in [2.05, 4.69) is 0 Å². The van der Waals surface area contributed by atoms with Gasteiger partial charge < -0.3 is 9.84 Å². The summed E-state index contributed by atoms with van der Waals surface area (Å²) in [5.74, 6) is 1.32. The molecule has 1 aromatic rings. The Morgan fingerprint density at radius 1 is 1.43 bits per heavy atom. The molecule has 0 radical (unpaired) electrons. The molecule has 1 N–H and O–H groups in total. The minimum atomic E-state index is 0.122. The van der Waals surface area contributed by atoms with Gasteiger partial charge in [-0.2, -0.15) is 0 Å². The van der Waals surface area contributed by atoms with Gasteiger partial charge in [-0.15, -0.1) is 0 Å². The van der Waals surface area contributed by atoms with Gasteiger partial charge in [-0.25, -0.2) is 0 Å². The van der Waals surface area contributed by atoms with Crippen LogP contribution < -0.4 is 4.74 Å². The fraction of sp³-hybridized carbons (Fsp3) is 0.455.